The molecule has 0 amide bonds. The summed E-state index contributed by atoms with van der Waals surface area (Å²) in [5, 5.41) is 0.739. The number of alkyl halides is 1. The van der Waals surface area contributed by atoms with Crippen molar-refractivity contribution in [2.24, 2.45) is 7.05 Å². The number of carbonyl (C=O) groups is 1. The van der Waals surface area contributed by atoms with Crippen molar-refractivity contribution < 1.29 is 4.79 Å². The van der Waals surface area contributed by atoms with E-state index in [0.717, 1.165) is 0 Å². The monoisotopic (exact) mass is 332 g/mol. The normalized spacial score (nSPS) is 8.54. The summed E-state index contributed by atoms with van der Waals surface area (Å²) in [5.41, 5.74) is 0. The van der Waals surface area contributed by atoms with E-state index in [4.69, 9.17) is 11.6 Å². The van der Waals surface area contributed by atoms with Crippen LogP contribution in [0.15, 0.2) is 6.20 Å². The van der Waals surface area contributed by atoms with E-state index in [9.17, 15) is 4.79 Å². The summed E-state index contributed by atoms with van der Waals surface area (Å²) in [5.74, 6) is 0.311. The van der Waals surface area contributed by atoms with E-state index in [1.165, 1.54) is 6.20 Å². The average molecular weight is 334 g/mol. The largest absolute Gasteiger partial charge is 0.316 e. The molecule has 0 atom stereocenters. The standard InChI is InChI=1S/C6H6BrClN2O.CH4.BrH/c1-10-5(8)3-9-6(10)4(11)2-7;;/h3H,2H2,1H3;1H4;1H. The highest BCUT2D eigenvalue weighted by Gasteiger charge is 2.11. The predicted molar refractivity (Wildman–Crippen MR) is 63.4 cm³/mol. The van der Waals surface area contributed by atoms with Crippen LogP contribution in [0, 0.1) is 0 Å². The van der Waals surface area contributed by atoms with E-state index >= 15 is 0 Å². The molecule has 0 aliphatic rings. The lowest BCUT2D eigenvalue weighted by molar-refractivity contribution is 0.101. The zero-order chi connectivity index (χ0) is 8.43. The first-order valence-corrected chi connectivity index (χ1v) is 4.43. The van der Waals surface area contributed by atoms with Gasteiger partial charge < -0.3 is 4.57 Å². The highest BCUT2D eigenvalue weighted by atomic mass is 79.9. The number of carbonyl (C=O) groups excluding carboxylic acids is 1. The van der Waals surface area contributed by atoms with Gasteiger partial charge in [-0.25, -0.2) is 4.98 Å². The fourth-order valence-electron chi connectivity index (χ4n) is 0.708. The van der Waals surface area contributed by atoms with E-state index in [-0.39, 0.29) is 35.5 Å². The Balaban J connectivity index is 0. The molecule has 1 rings (SSSR count). The first-order valence-electron chi connectivity index (χ1n) is 2.93. The Morgan fingerprint density at radius 1 is 1.77 bits per heavy atom. The molecule has 1 aromatic rings. The zero-order valence-corrected chi connectivity index (χ0v) is 10.3. The van der Waals surface area contributed by atoms with Gasteiger partial charge in [-0.3, -0.25) is 4.79 Å². The Labute approximate surface area is 101 Å². The predicted octanol–water partition coefficient (Wildman–Crippen LogP) is 2.87. The van der Waals surface area contributed by atoms with Crippen molar-refractivity contribution >= 4 is 50.3 Å². The van der Waals surface area contributed by atoms with Crippen LogP contribution in [0.25, 0.3) is 0 Å². The second kappa shape index (κ2) is 6.56. The molecular formula is C7H11Br2ClN2O. The Morgan fingerprint density at radius 3 is 2.62 bits per heavy atom. The van der Waals surface area contributed by atoms with Crippen LogP contribution in [0.5, 0.6) is 0 Å². The van der Waals surface area contributed by atoms with Crippen LogP contribution in [0.4, 0.5) is 0 Å². The van der Waals surface area contributed by atoms with Crippen LogP contribution >= 0.6 is 44.5 Å². The molecule has 0 saturated carbocycles. The SMILES string of the molecule is Br.C.Cn1c(Cl)cnc1C(=O)CBr. The van der Waals surface area contributed by atoms with Gasteiger partial charge in [-0.2, -0.15) is 0 Å². The minimum atomic E-state index is -0.0700. The van der Waals surface area contributed by atoms with Crippen LogP contribution in [0.1, 0.15) is 18.0 Å². The van der Waals surface area contributed by atoms with Crippen molar-refractivity contribution in [3.8, 4) is 0 Å². The highest BCUT2D eigenvalue weighted by Crippen LogP contribution is 2.09. The lowest BCUT2D eigenvalue weighted by Gasteiger charge is -1.97. The number of rotatable bonds is 2. The number of imidazole rings is 1. The second-order valence-electron chi connectivity index (χ2n) is 2.02. The number of halogens is 3. The van der Waals surface area contributed by atoms with Crippen LogP contribution in [0.2, 0.25) is 5.15 Å². The average Bonchev–Trinajstić information content (AvgIpc) is 2.32. The number of Topliss-reactive ketones (excluding diaryl/α,β-unsaturated/α-hetero) is 1. The molecule has 0 bridgehead atoms. The minimum absolute atomic E-state index is 0. The summed E-state index contributed by atoms with van der Waals surface area (Å²) in [7, 11) is 1.70. The van der Waals surface area contributed by atoms with Gasteiger partial charge in [0, 0.05) is 7.05 Å². The summed E-state index contributed by atoms with van der Waals surface area (Å²) in [4.78, 5) is 14.9. The number of hydrogen-bond acceptors (Lipinski definition) is 2. The molecule has 0 aliphatic carbocycles. The Morgan fingerprint density at radius 2 is 2.31 bits per heavy atom. The number of aromatic nitrogens is 2. The second-order valence-corrected chi connectivity index (χ2v) is 2.97. The summed E-state index contributed by atoms with van der Waals surface area (Å²) >= 11 is 8.71. The fourth-order valence-corrected chi connectivity index (χ4v) is 1.09. The van der Waals surface area contributed by atoms with E-state index in [1.807, 2.05) is 0 Å². The lowest BCUT2D eigenvalue weighted by Crippen LogP contribution is -2.08. The molecule has 0 fully saturated rings. The topological polar surface area (TPSA) is 34.9 Å². The van der Waals surface area contributed by atoms with E-state index in [0.29, 0.717) is 11.0 Å². The Bertz CT molecular complexity index is 288. The number of nitrogens with zero attached hydrogens (tertiary/aromatic N) is 2. The number of ketones is 1. The van der Waals surface area contributed by atoms with Gasteiger partial charge in [-0.1, -0.05) is 35.0 Å². The van der Waals surface area contributed by atoms with Gasteiger partial charge in [0.15, 0.2) is 5.82 Å². The summed E-state index contributed by atoms with van der Waals surface area (Å²) in [6.45, 7) is 0. The maximum atomic E-state index is 11.1. The molecule has 0 N–H and O–H groups in total. The number of hydrogen-bond donors (Lipinski definition) is 0. The fraction of sp³-hybridized carbons (Fsp3) is 0.429. The lowest BCUT2D eigenvalue weighted by atomic mass is 10.4. The van der Waals surface area contributed by atoms with E-state index in [1.54, 1.807) is 11.6 Å². The molecular weight excluding hydrogens is 323 g/mol. The Hall–Kier alpha value is 0.130. The van der Waals surface area contributed by atoms with Crippen molar-refractivity contribution in [2.45, 2.75) is 7.43 Å². The minimum Gasteiger partial charge on any atom is -0.316 e. The maximum absolute atomic E-state index is 11.1. The summed E-state index contributed by atoms with van der Waals surface area (Å²) in [6.07, 6.45) is 1.46. The molecule has 76 valence electrons. The third-order valence-corrected chi connectivity index (χ3v) is 2.16. The van der Waals surface area contributed by atoms with Crippen LogP contribution in [-0.4, -0.2) is 20.7 Å². The maximum Gasteiger partial charge on any atom is 0.208 e. The smallest absolute Gasteiger partial charge is 0.208 e. The summed E-state index contributed by atoms with van der Waals surface area (Å²) < 4.78 is 1.55. The van der Waals surface area contributed by atoms with Crippen molar-refractivity contribution in [3.63, 3.8) is 0 Å². The van der Waals surface area contributed by atoms with Crippen LogP contribution in [-0.2, 0) is 7.05 Å². The third kappa shape index (κ3) is 3.40. The quantitative estimate of drug-likeness (QED) is 0.616. The van der Waals surface area contributed by atoms with Gasteiger partial charge in [0.2, 0.25) is 5.78 Å². The molecule has 0 spiro atoms. The van der Waals surface area contributed by atoms with Crippen LogP contribution < -0.4 is 0 Å². The first kappa shape index (κ1) is 15.6. The third-order valence-electron chi connectivity index (χ3n) is 1.30. The highest BCUT2D eigenvalue weighted by molar-refractivity contribution is 9.09. The molecule has 3 nitrogen and oxygen atoms in total. The zero-order valence-electron chi connectivity index (χ0n) is 6.25. The molecule has 0 unspecified atom stereocenters. The Kier molecular flexibility index (Phi) is 7.87. The summed E-state index contributed by atoms with van der Waals surface area (Å²) in [6, 6.07) is 0. The van der Waals surface area contributed by atoms with E-state index < -0.39 is 0 Å². The van der Waals surface area contributed by atoms with Gasteiger partial charge in [-0.05, 0) is 0 Å². The van der Waals surface area contributed by atoms with E-state index in [2.05, 4.69) is 20.9 Å². The van der Waals surface area contributed by atoms with Gasteiger partial charge in [0.25, 0.3) is 0 Å². The molecule has 13 heavy (non-hydrogen) atoms. The van der Waals surface area contributed by atoms with Gasteiger partial charge in [-0.15, -0.1) is 17.0 Å². The molecule has 0 saturated heterocycles. The van der Waals surface area contributed by atoms with Crippen molar-refractivity contribution in [1.29, 1.82) is 0 Å². The van der Waals surface area contributed by atoms with Crippen LogP contribution in [0.3, 0.4) is 0 Å². The molecule has 6 heteroatoms. The van der Waals surface area contributed by atoms with Gasteiger partial charge in [0.05, 0.1) is 11.5 Å². The molecule has 0 aromatic carbocycles. The van der Waals surface area contributed by atoms with Gasteiger partial charge in [0.1, 0.15) is 5.15 Å². The molecule has 0 aliphatic heterocycles. The van der Waals surface area contributed by atoms with Crippen molar-refractivity contribution in [1.82, 2.24) is 9.55 Å². The van der Waals surface area contributed by atoms with Crippen molar-refractivity contribution in [3.05, 3.63) is 17.2 Å². The van der Waals surface area contributed by atoms with Crippen molar-refractivity contribution in [2.75, 3.05) is 5.33 Å². The first-order chi connectivity index (χ1) is 5.16. The molecule has 1 aromatic heterocycles. The molecule has 1 heterocycles. The van der Waals surface area contributed by atoms with Gasteiger partial charge >= 0.3 is 0 Å². The molecule has 0 radical (unpaired) electrons.